The van der Waals surface area contributed by atoms with Crippen molar-refractivity contribution in [3.8, 4) is 0 Å². The lowest BCUT2D eigenvalue weighted by molar-refractivity contribution is -0.171. The lowest BCUT2D eigenvalue weighted by atomic mass is 10.0. The quantitative estimate of drug-likeness (QED) is 0.160. The van der Waals surface area contributed by atoms with Crippen LogP contribution in [-0.2, 0) is 55.0 Å². The van der Waals surface area contributed by atoms with E-state index in [9.17, 15) is 9.59 Å². The molecule has 0 radical (unpaired) electrons. The minimum absolute atomic E-state index is 0.158. The Morgan fingerprint density at radius 1 is 0.550 bits per heavy atom. The standard InChI is InChI=1S/C34H34O6/c35-21-32(38-23-28-15-7-2-8-16-28)34(40-25-30-19-11-4-12-20-30)33(39-24-29-17-9-3-10-18-29)31(36)26-37-22-27-13-5-1-6-14-27/h1-21,32-34H,22-26H2/t32-,33-,34+/m0/s1. The zero-order valence-electron chi connectivity index (χ0n) is 22.3. The van der Waals surface area contributed by atoms with E-state index in [1.807, 2.05) is 121 Å². The number of hydrogen-bond acceptors (Lipinski definition) is 6. The summed E-state index contributed by atoms with van der Waals surface area (Å²) in [6, 6.07) is 38.2. The van der Waals surface area contributed by atoms with Gasteiger partial charge in [-0.15, -0.1) is 0 Å². The number of benzene rings is 4. The lowest BCUT2D eigenvalue weighted by Gasteiger charge is -2.30. The van der Waals surface area contributed by atoms with Crippen LogP contribution >= 0.6 is 0 Å². The maximum Gasteiger partial charge on any atom is 0.189 e. The number of hydrogen-bond donors (Lipinski definition) is 0. The fourth-order valence-electron chi connectivity index (χ4n) is 4.16. The van der Waals surface area contributed by atoms with Gasteiger partial charge in [0.05, 0.1) is 26.4 Å². The molecule has 0 fully saturated rings. The summed E-state index contributed by atoms with van der Waals surface area (Å²) in [5.74, 6) is -0.333. The third kappa shape index (κ3) is 9.36. The van der Waals surface area contributed by atoms with E-state index in [0.29, 0.717) is 6.29 Å². The molecule has 6 nitrogen and oxygen atoms in total. The van der Waals surface area contributed by atoms with E-state index in [1.54, 1.807) is 0 Å². The van der Waals surface area contributed by atoms with Crippen molar-refractivity contribution in [2.75, 3.05) is 6.61 Å². The number of ether oxygens (including phenoxy) is 4. The SMILES string of the molecule is O=C[C@H](OCc1ccccc1)[C@@H](OCc1ccccc1)[C@@H](OCc1ccccc1)C(=O)COCc1ccccc1. The Bertz CT molecular complexity index is 1270. The molecule has 4 aromatic carbocycles. The molecule has 0 bridgehead atoms. The van der Waals surface area contributed by atoms with Gasteiger partial charge >= 0.3 is 0 Å². The first kappa shape index (κ1) is 29.1. The second-order valence-electron chi connectivity index (χ2n) is 9.32. The average molecular weight is 539 g/mol. The van der Waals surface area contributed by atoms with Crippen LogP contribution in [0.25, 0.3) is 0 Å². The Kier molecular flexibility index (Phi) is 11.8. The second-order valence-corrected chi connectivity index (χ2v) is 9.32. The van der Waals surface area contributed by atoms with E-state index < -0.39 is 18.3 Å². The zero-order valence-corrected chi connectivity index (χ0v) is 22.3. The molecule has 0 unspecified atom stereocenters. The number of carbonyl (C=O) groups is 2. The summed E-state index contributed by atoms with van der Waals surface area (Å²) in [5, 5.41) is 0. The predicted octanol–water partition coefficient (Wildman–Crippen LogP) is 5.73. The van der Waals surface area contributed by atoms with Crippen LogP contribution < -0.4 is 0 Å². The molecule has 6 heteroatoms. The molecule has 0 aliphatic carbocycles. The first-order valence-corrected chi connectivity index (χ1v) is 13.3. The number of aldehydes is 1. The van der Waals surface area contributed by atoms with Crippen molar-refractivity contribution in [2.24, 2.45) is 0 Å². The Balaban J connectivity index is 1.54. The van der Waals surface area contributed by atoms with Gasteiger partial charge < -0.3 is 23.7 Å². The highest BCUT2D eigenvalue weighted by Gasteiger charge is 2.37. The highest BCUT2D eigenvalue weighted by atomic mass is 16.6. The fourth-order valence-corrected chi connectivity index (χ4v) is 4.16. The maximum absolute atomic E-state index is 13.6. The molecular weight excluding hydrogens is 504 g/mol. The highest BCUT2D eigenvalue weighted by molar-refractivity contribution is 5.85. The summed E-state index contributed by atoms with van der Waals surface area (Å²) < 4.78 is 24.2. The number of Topliss-reactive ketones (excluding diaryl/α,β-unsaturated/α-hetero) is 1. The van der Waals surface area contributed by atoms with Crippen molar-refractivity contribution in [1.29, 1.82) is 0 Å². The molecule has 0 saturated heterocycles. The Hall–Kier alpha value is -3.94. The Morgan fingerprint density at radius 3 is 1.40 bits per heavy atom. The molecule has 0 aliphatic heterocycles. The van der Waals surface area contributed by atoms with E-state index in [2.05, 4.69) is 0 Å². The molecule has 0 N–H and O–H groups in total. The normalized spacial score (nSPS) is 13.3. The van der Waals surface area contributed by atoms with Gasteiger partial charge in [-0.2, -0.15) is 0 Å². The van der Waals surface area contributed by atoms with Crippen molar-refractivity contribution in [3.05, 3.63) is 144 Å². The zero-order chi connectivity index (χ0) is 27.8. The van der Waals surface area contributed by atoms with Gasteiger partial charge in [0, 0.05) is 0 Å². The summed E-state index contributed by atoms with van der Waals surface area (Å²) in [6.07, 6.45) is -2.48. The van der Waals surface area contributed by atoms with Crippen molar-refractivity contribution < 1.29 is 28.5 Å². The third-order valence-electron chi connectivity index (χ3n) is 6.27. The maximum atomic E-state index is 13.6. The third-order valence-corrected chi connectivity index (χ3v) is 6.27. The van der Waals surface area contributed by atoms with Gasteiger partial charge in [0.2, 0.25) is 0 Å². The molecule has 0 heterocycles. The van der Waals surface area contributed by atoms with E-state index in [-0.39, 0.29) is 38.8 Å². The van der Waals surface area contributed by atoms with E-state index in [4.69, 9.17) is 18.9 Å². The monoisotopic (exact) mass is 538 g/mol. The van der Waals surface area contributed by atoms with Crippen LogP contribution in [0.5, 0.6) is 0 Å². The minimum Gasteiger partial charge on any atom is -0.369 e. The van der Waals surface area contributed by atoms with Crippen LogP contribution in [0.15, 0.2) is 121 Å². The van der Waals surface area contributed by atoms with Crippen LogP contribution in [0.4, 0.5) is 0 Å². The van der Waals surface area contributed by atoms with Gasteiger partial charge in [0.15, 0.2) is 12.1 Å². The molecule has 0 aromatic heterocycles. The van der Waals surface area contributed by atoms with Gasteiger partial charge in [-0.25, -0.2) is 0 Å². The van der Waals surface area contributed by atoms with Crippen molar-refractivity contribution in [1.82, 2.24) is 0 Å². The number of carbonyl (C=O) groups excluding carboxylic acids is 2. The molecule has 0 saturated carbocycles. The first-order chi connectivity index (χ1) is 19.7. The van der Waals surface area contributed by atoms with Gasteiger partial charge in [-0.05, 0) is 22.3 Å². The van der Waals surface area contributed by atoms with Gasteiger partial charge in [0.1, 0.15) is 24.9 Å². The van der Waals surface area contributed by atoms with Crippen molar-refractivity contribution in [2.45, 2.75) is 44.7 Å². The molecule has 4 rings (SSSR count). The van der Waals surface area contributed by atoms with Gasteiger partial charge in [0.25, 0.3) is 0 Å². The summed E-state index contributed by atoms with van der Waals surface area (Å²) in [5.41, 5.74) is 3.64. The molecule has 0 aliphatic rings. The lowest BCUT2D eigenvalue weighted by Crippen LogP contribution is -2.48. The molecule has 0 spiro atoms. The van der Waals surface area contributed by atoms with Crippen LogP contribution in [0.3, 0.4) is 0 Å². The highest BCUT2D eigenvalue weighted by Crippen LogP contribution is 2.19. The van der Waals surface area contributed by atoms with Gasteiger partial charge in [-0.3, -0.25) is 4.79 Å². The Labute approximate surface area is 235 Å². The summed E-state index contributed by atoms with van der Waals surface area (Å²) >= 11 is 0. The second kappa shape index (κ2) is 16.2. The Morgan fingerprint density at radius 2 is 0.950 bits per heavy atom. The van der Waals surface area contributed by atoms with Crippen molar-refractivity contribution >= 4 is 12.1 Å². The summed E-state index contributed by atoms with van der Waals surface area (Å²) in [6.45, 7) is 0.581. The van der Waals surface area contributed by atoms with Crippen LogP contribution in [0.2, 0.25) is 0 Å². The van der Waals surface area contributed by atoms with Crippen LogP contribution in [0.1, 0.15) is 22.3 Å². The van der Waals surface area contributed by atoms with Crippen LogP contribution in [0, 0.1) is 0 Å². The van der Waals surface area contributed by atoms with Crippen LogP contribution in [-0.4, -0.2) is 37.0 Å². The van der Waals surface area contributed by atoms with E-state index in [1.165, 1.54) is 0 Å². The molecule has 4 aromatic rings. The molecular formula is C34H34O6. The average Bonchev–Trinajstić information content (AvgIpc) is 3.01. The predicted molar refractivity (Wildman–Crippen MR) is 152 cm³/mol. The first-order valence-electron chi connectivity index (χ1n) is 13.3. The molecule has 206 valence electrons. The largest absolute Gasteiger partial charge is 0.369 e. The topological polar surface area (TPSA) is 71.1 Å². The number of rotatable bonds is 17. The number of ketones is 1. The summed E-state index contributed by atoms with van der Waals surface area (Å²) in [7, 11) is 0. The molecule has 3 atom stereocenters. The fraction of sp³-hybridized carbons (Fsp3) is 0.235. The van der Waals surface area contributed by atoms with E-state index in [0.717, 1.165) is 22.3 Å². The smallest absolute Gasteiger partial charge is 0.189 e. The van der Waals surface area contributed by atoms with Crippen molar-refractivity contribution in [3.63, 3.8) is 0 Å². The summed E-state index contributed by atoms with van der Waals surface area (Å²) in [4.78, 5) is 26.0. The molecule has 40 heavy (non-hydrogen) atoms. The van der Waals surface area contributed by atoms with E-state index >= 15 is 0 Å². The minimum atomic E-state index is -1.11. The molecule has 0 amide bonds. The van der Waals surface area contributed by atoms with Gasteiger partial charge in [-0.1, -0.05) is 121 Å².